The van der Waals surface area contributed by atoms with E-state index in [2.05, 4.69) is 10.3 Å². The molecule has 0 atom stereocenters. The number of aromatic nitrogens is 1. The van der Waals surface area contributed by atoms with Crippen LogP contribution < -0.4 is 10.2 Å². The van der Waals surface area contributed by atoms with Gasteiger partial charge in [-0.05, 0) is 42.3 Å². The molecule has 0 unspecified atom stereocenters. The number of hydrogen-bond donors (Lipinski definition) is 1. The molecule has 4 rings (SSSR count). The van der Waals surface area contributed by atoms with E-state index in [0.717, 1.165) is 24.2 Å². The molecule has 0 bridgehead atoms. The van der Waals surface area contributed by atoms with Crippen molar-refractivity contribution in [3.05, 3.63) is 83.6 Å². The van der Waals surface area contributed by atoms with Crippen LogP contribution in [-0.4, -0.2) is 17.4 Å². The van der Waals surface area contributed by atoms with Crippen LogP contribution >= 0.6 is 0 Å². The number of rotatable bonds is 3. The lowest BCUT2D eigenvalue weighted by atomic mass is 10.1. The van der Waals surface area contributed by atoms with Crippen molar-refractivity contribution >= 4 is 23.1 Å². The summed E-state index contributed by atoms with van der Waals surface area (Å²) in [7, 11) is 0. The third-order valence-electron chi connectivity index (χ3n) is 4.35. The highest BCUT2D eigenvalue weighted by Crippen LogP contribution is 2.35. The Morgan fingerprint density at radius 1 is 1.08 bits per heavy atom. The first-order valence-electron chi connectivity index (χ1n) is 8.20. The molecule has 1 amide bonds. The zero-order valence-corrected chi connectivity index (χ0v) is 13.7. The lowest BCUT2D eigenvalue weighted by Crippen LogP contribution is -2.21. The van der Waals surface area contributed by atoms with Crippen LogP contribution in [0, 0.1) is 11.6 Å². The van der Waals surface area contributed by atoms with Gasteiger partial charge in [0.1, 0.15) is 17.5 Å². The number of carbonyl (C=O) groups is 1. The fourth-order valence-electron chi connectivity index (χ4n) is 3.13. The summed E-state index contributed by atoms with van der Waals surface area (Å²) < 4.78 is 26.9. The molecule has 6 heteroatoms. The second kappa shape index (κ2) is 6.55. The van der Waals surface area contributed by atoms with Gasteiger partial charge >= 0.3 is 0 Å². The zero-order valence-electron chi connectivity index (χ0n) is 13.7. The number of halogens is 2. The quantitative estimate of drug-likeness (QED) is 0.765. The summed E-state index contributed by atoms with van der Waals surface area (Å²) in [6.45, 7) is 0.710. The minimum atomic E-state index is -0.824. The van der Waals surface area contributed by atoms with Gasteiger partial charge in [-0.1, -0.05) is 18.2 Å². The first-order chi connectivity index (χ1) is 12.6. The molecule has 1 aliphatic rings. The van der Waals surface area contributed by atoms with Crippen LogP contribution in [0.3, 0.4) is 0 Å². The molecule has 1 aliphatic heterocycles. The predicted octanol–water partition coefficient (Wildman–Crippen LogP) is 4.31. The first kappa shape index (κ1) is 16.2. The maximum atomic E-state index is 13.8. The summed E-state index contributed by atoms with van der Waals surface area (Å²) >= 11 is 0. The Balaban J connectivity index is 1.67. The fraction of sp³-hybridized carbons (Fsp3) is 0.100. The van der Waals surface area contributed by atoms with Gasteiger partial charge in [0.15, 0.2) is 0 Å². The molecule has 3 aromatic rings. The normalized spacial score (nSPS) is 12.8. The van der Waals surface area contributed by atoms with Crippen LogP contribution in [0.4, 0.5) is 26.0 Å². The molecule has 1 aromatic heterocycles. The number of nitrogens with one attached hydrogen (secondary N) is 1. The number of carbonyl (C=O) groups excluding carboxylic acids is 1. The molecule has 1 N–H and O–H groups in total. The summed E-state index contributed by atoms with van der Waals surface area (Å²) in [5, 5.41) is 2.49. The van der Waals surface area contributed by atoms with Crippen LogP contribution in [0.5, 0.6) is 0 Å². The van der Waals surface area contributed by atoms with E-state index in [-0.39, 0.29) is 5.69 Å². The Morgan fingerprint density at radius 2 is 1.92 bits per heavy atom. The van der Waals surface area contributed by atoms with Crippen molar-refractivity contribution in [1.29, 1.82) is 0 Å². The fourth-order valence-corrected chi connectivity index (χ4v) is 3.13. The van der Waals surface area contributed by atoms with Gasteiger partial charge in [-0.15, -0.1) is 0 Å². The average molecular weight is 351 g/mol. The zero-order chi connectivity index (χ0) is 18.1. The van der Waals surface area contributed by atoms with E-state index in [0.29, 0.717) is 17.9 Å². The van der Waals surface area contributed by atoms with Crippen molar-refractivity contribution in [2.75, 3.05) is 16.8 Å². The number of amides is 1. The largest absolute Gasteiger partial charge is 0.325 e. The Labute approximate surface area is 149 Å². The number of hydrogen-bond acceptors (Lipinski definition) is 3. The van der Waals surface area contributed by atoms with Crippen molar-refractivity contribution in [3.8, 4) is 0 Å². The molecule has 0 fully saturated rings. The molecule has 2 heterocycles. The lowest BCUT2D eigenvalue weighted by Gasteiger charge is -2.21. The maximum Gasteiger partial charge on any atom is 0.259 e. The van der Waals surface area contributed by atoms with Gasteiger partial charge in [-0.2, -0.15) is 0 Å². The molecule has 0 spiro atoms. The van der Waals surface area contributed by atoms with Gasteiger partial charge in [0.25, 0.3) is 5.91 Å². The van der Waals surface area contributed by atoms with Crippen LogP contribution in [0.1, 0.15) is 15.9 Å². The SMILES string of the molecule is O=C(Nc1ccc(F)cc1F)c1cccnc1N1CCc2ccccc21. The summed E-state index contributed by atoms with van der Waals surface area (Å²) in [5.74, 6) is -1.51. The molecular weight excluding hydrogens is 336 g/mol. The molecule has 0 saturated carbocycles. The second-order valence-electron chi connectivity index (χ2n) is 5.98. The van der Waals surface area contributed by atoms with E-state index < -0.39 is 17.5 Å². The third kappa shape index (κ3) is 2.90. The molecule has 2 aromatic carbocycles. The third-order valence-corrected chi connectivity index (χ3v) is 4.35. The molecule has 0 radical (unpaired) electrons. The van der Waals surface area contributed by atoms with E-state index in [4.69, 9.17) is 0 Å². The van der Waals surface area contributed by atoms with E-state index in [9.17, 15) is 13.6 Å². The Morgan fingerprint density at radius 3 is 2.77 bits per heavy atom. The molecular formula is C20H15F2N3O. The van der Waals surface area contributed by atoms with Crippen molar-refractivity contribution in [1.82, 2.24) is 4.98 Å². The summed E-state index contributed by atoms with van der Waals surface area (Å²) in [6.07, 6.45) is 2.48. The van der Waals surface area contributed by atoms with Gasteiger partial charge in [0.05, 0.1) is 11.3 Å². The second-order valence-corrected chi connectivity index (χ2v) is 5.98. The van der Waals surface area contributed by atoms with E-state index in [1.807, 2.05) is 29.2 Å². The van der Waals surface area contributed by atoms with Crippen LogP contribution in [0.15, 0.2) is 60.8 Å². The van der Waals surface area contributed by atoms with Crippen molar-refractivity contribution in [2.45, 2.75) is 6.42 Å². The Kier molecular flexibility index (Phi) is 4.08. The topological polar surface area (TPSA) is 45.2 Å². The maximum absolute atomic E-state index is 13.8. The van der Waals surface area contributed by atoms with Crippen LogP contribution in [0.25, 0.3) is 0 Å². The Bertz CT molecular complexity index is 990. The molecule has 130 valence electrons. The highest BCUT2D eigenvalue weighted by Gasteiger charge is 2.25. The number of benzene rings is 2. The van der Waals surface area contributed by atoms with Gasteiger partial charge in [0, 0.05) is 24.5 Å². The first-order valence-corrected chi connectivity index (χ1v) is 8.20. The van der Waals surface area contributed by atoms with E-state index >= 15 is 0 Å². The smallest absolute Gasteiger partial charge is 0.259 e. The van der Waals surface area contributed by atoms with Gasteiger partial charge in [0.2, 0.25) is 0 Å². The predicted molar refractivity (Wildman–Crippen MR) is 95.7 cm³/mol. The van der Waals surface area contributed by atoms with Crippen molar-refractivity contribution in [2.24, 2.45) is 0 Å². The summed E-state index contributed by atoms with van der Waals surface area (Å²) in [4.78, 5) is 19.1. The van der Waals surface area contributed by atoms with Gasteiger partial charge < -0.3 is 10.2 Å². The molecule has 26 heavy (non-hydrogen) atoms. The minimum Gasteiger partial charge on any atom is -0.325 e. The molecule has 0 saturated heterocycles. The van der Waals surface area contributed by atoms with Crippen LogP contribution in [-0.2, 0) is 6.42 Å². The number of anilines is 3. The van der Waals surface area contributed by atoms with E-state index in [1.165, 1.54) is 11.6 Å². The highest BCUT2D eigenvalue weighted by atomic mass is 19.1. The highest BCUT2D eigenvalue weighted by molar-refractivity contribution is 6.08. The number of nitrogens with zero attached hydrogens (tertiary/aromatic N) is 2. The summed E-state index contributed by atoms with van der Waals surface area (Å²) in [5.41, 5.74) is 2.45. The van der Waals surface area contributed by atoms with Gasteiger partial charge in [-0.25, -0.2) is 13.8 Å². The average Bonchev–Trinajstić information content (AvgIpc) is 3.08. The Hall–Kier alpha value is -3.28. The number of pyridine rings is 1. The standard InChI is InChI=1S/C20H15F2N3O/c21-14-7-8-17(16(22)12-14)24-20(26)15-5-3-10-23-19(15)25-11-9-13-4-1-2-6-18(13)25/h1-8,10,12H,9,11H2,(H,24,26). The number of fused-ring (bicyclic) bond motifs is 1. The summed E-state index contributed by atoms with van der Waals surface area (Å²) in [6, 6.07) is 14.3. The molecule has 4 nitrogen and oxygen atoms in total. The lowest BCUT2D eigenvalue weighted by molar-refractivity contribution is 0.102. The van der Waals surface area contributed by atoms with Gasteiger partial charge in [-0.3, -0.25) is 4.79 Å². The van der Waals surface area contributed by atoms with E-state index in [1.54, 1.807) is 18.3 Å². The van der Waals surface area contributed by atoms with Crippen LogP contribution in [0.2, 0.25) is 0 Å². The van der Waals surface area contributed by atoms with Crippen molar-refractivity contribution < 1.29 is 13.6 Å². The monoisotopic (exact) mass is 351 g/mol. The van der Waals surface area contributed by atoms with Crippen molar-refractivity contribution in [3.63, 3.8) is 0 Å². The number of para-hydroxylation sites is 1. The minimum absolute atomic E-state index is 0.0759. The molecule has 0 aliphatic carbocycles.